The lowest BCUT2D eigenvalue weighted by atomic mass is 9.81. The van der Waals surface area contributed by atoms with Crippen molar-refractivity contribution in [2.24, 2.45) is 11.8 Å². The van der Waals surface area contributed by atoms with Gasteiger partial charge >= 0.3 is 0 Å². The minimum absolute atomic E-state index is 0.257. The van der Waals surface area contributed by atoms with Crippen LogP contribution in [0, 0.1) is 11.8 Å². The summed E-state index contributed by atoms with van der Waals surface area (Å²) >= 11 is 0. The minimum Gasteiger partial charge on any atom is -0.300 e. The van der Waals surface area contributed by atoms with Gasteiger partial charge < -0.3 is 0 Å². The summed E-state index contributed by atoms with van der Waals surface area (Å²) in [7, 11) is 0. The van der Waals surface area contributed by atoms with E-state index in [0.717, 1.165) is 19.3 Å². The molecule has 2 heteroatoms. The van der Waals surface area contributed by atoms with Crippen LogP contribution in [-0.2, 0) is 9.59 Å². The molecule has 2 saturated carbocycles. The average molecular weight is 152 g/mol. The molecule has 0 N–H and O–H groups in total. The van der Waals surface area contributed by atoms with Gasteiger partial charge in [0.05, 0.1) is 0 Å². The molecule has 0 amide bonds. The van der Waals surface area contributed by atoms with Gasteiger partial charge in [-0.1, -0.05) is 0 Å². The van der Waals surface area contributed by atoms with Crippen molar-refractivity contribution in [2.75, 3.05) is 0 Å². The lowest BCUT2D eigenvalue weighted by Gasteiger charge is -2.22. The van der Waals surface area contributed by atoms with E-state index < -0.39 is 0 Å². The van der Waals surface area contributed by atoms with Crippen molar-refractivity contribution >= 4 is 11.6 Å². The maximum absolute atomic E-state index is 11.2. The van der Waals surface area contributed by atoms with Gasteiger partial charge in [0.15, 0.2) is 0 Å². The predicted molar refractivity (Wildman–Crippen MR) is 40.1 cm³/mol. The van der Waals surface area contributed by atoms with Crippen LogP contribution in [-0.4, -0.2) is 11.6 Å². The van der Waals surface area contributed by atoms with E-state index >= 15 is 0 Å². The SMILES string of the molecule is O=C1CCC2C(=O)CCC2C1. The Morgan fingerprint density at radius 2 is 1.91 bits per heavy atom. The molecule has 0 saturated heterocycles. The molecule has 0 aromatic carbocycles. The molecule has 0 aliphatic heterocycles. The molecule has 2 atom stereocenters. The number of hydrogen-bond acceptors (Lipinski definition) is 2. The van der Waals surface area contributed by atoms with E-state index in [2.05, 4.69) is 0 Å². The second kappa shape index (κ2) is 2.43. The summed E-state index contributed by atoms with van der Waals surface area (Å²) in [5.41, 5.74) is 0. The Hall–Kier alpha value is -0.660. The monoisotopic (exact) mass is 152 g/mol. The standard InChI is InChI=1S/C9H12O2/c10-7-2-3-8-6(5-7)1-4-9(8)11/h6,8H,1-5H2. The van der Waals surface area contributed by atoms with Gasteiger partial charge in [-0.05, 0) is 18.8 Å². The predicted octanol–water partition coefficient (Wildman–Crippen LogP) is 1.33. The molecule has 0 radical (unpaired) electrons. The van der Waals surface area contributed by atoms with Gasteiger partial charge in [0, 0.05) is 25.2 Å². The van der Waals surface area contributed by atoms with Crippen LogP contribution in [0.2, 0.25) is 0 Å². The molecule has 0 heterocycles. The first-order chi connectivity index (χ1) is 5.27. The second-order valence-electron chi connectivity index (χ2n) is 3.65. The van der Waals surface area contributed by atoms with Crippen LogP contribution in [0.1, 0.15) is 32.1 Å². The molecule has 60 valence electrons. The zero-order valence-electron chi connectivity index (χ0n) is 6.51. The van der Waals surface area contributed by atoms with E-state index in [1.54, 1.807) is 0 Å². The Bertz CT molecular complexity index is 208. The first-order valence-electron chi connectivity index (χ1n) is 4.32. The number of Topliss-reactive ketones (excluding diaryl/α,β-unsaturated/α-hetero) is 2. The van der Waals surface area contributed by atoms with Gasteiger partial charge in [-0.2, -0.15) is 0 Å². The lowest BCUT2D eigenvalue weighted by molar-refractivity contribution is -0.126. The third-order valence-corrected chi connectivity index (χ3v) is 2.97. The molecule has 2 fully saturated rings. The summed E-state index contributed by atoms with van der Waals surface area (Å²) in [6.07, 6.45) is 3.85. The van der Waals surface area contributed by atoms with Gasteiger partial charge in [0.1, 0.15) is 11.6 Å². The number of rotatable bonds is 0. The van der Waals surface area contributed by atoms with Crippen molar-refractivity contribution < 1.29 is 9.59 Å². The van der Waals surface area contributed by atoms with Gasteiger partial charge in [0.25, 0.3) is 0 Å². The van der Waals surface area contributed by atoms with E-state index in [4.69, 9.17) is 0 Å². The van der Waals surface area contributed by atoms with E-state index in [-0.39, 0.29) is 5.92 Å². The minimum atomic E-state index is 0.257. The molecule has 2 aliphatic carbocycles. The average Bonchev–Trinajstić information content (AvgIpc) is 2.32. The van der Waals surface area contributed by atoms with Crippen LogP contribution in [0.4, 0.5) is 0 Å². The maximum Gasteiger partial charge on any atom is 0.136 e. The van der Waals surface area contributed by atoms with Crippen LogP contribution in [0.3, 0.4) is 0 Å². The van der Waals surface area contributed by atoms with Gasteiger partial charge in [-0.25, -0.2) is 0 Å². The van der Waals surface area contributed by atoms with Crippen molar-refractivity contribution in [3.05, 3.63) is 0 Å². The molecular weight excluding hydrogens is 140 g/mol. The van der Waals surface area contributed by atoms with Crippen LogP contribution in [0.5, 0.6) is 0 Å². The van der Waals surface area contributed by atoms with Crippen LogP contribution < -0.4 is 0 Å². The van der Waals surface area contributed by atoms with E-state index in [9.17, 15) is 9.59 Å². The van der Waals surface area contributed by atoms with Crippen LogP contribution in [0.25, 0.3) is 0 Å². The number of carbonyl (C=O) groups is 2. The summed E-state index contributed by atoms with van der Waals surface area (Å²) in [4.78, 5) is 22.2. The van der Waals surface area contributed by atoms with Crippen molar-refractivity contribution in [3.8, 4) is 0 Å². The molecule has 11 heavy (non-hydrogen) atoms. The summed E-state index contributed by atoms with van der Waals surface area (Å²) in [5, 5.41) is 0. The normalized spacial score (nSPS) is 37.5. The van der Waals surface area contributed by atoms with Crippen LogP contribution >= 0.6 is 0 Å². The lowest BCUT2D eigenvalue weighted by Crippen LogP contribution is -2.24. The van der Waals surface area contributed by atoms with Gasteiger partial charge in [0.2, 0.25) is 0 Å². The Kier molecular flexibility index (Phi) is 1.55. The molecule has 0 spiro atoms. The summed E-state index contributed by atoms with van der Waals surface area (Å²) in [6.45, 7) is 0. The Balaban J connectivity index is 2.11. The highest BCUT2D eigenvalue weighted by Crippen LogP contribution is 2.38. The molecule has 2 rings (SSSR count). The highest BCUT2D eigenvalue weighted by molar-refractivity contribution is 5.88. The maximum atomic E-state index is 11.2. The zero-order valence-corrected chi connectivity index (χ0v) is 6.51. The second-order valence-corrected chi connectivity index (χ2v) is 3.65. The summed E-state index contributed by atoms with van der Waals surface area (Å²) in [5.74, 6) is 1.44. The van der Waals surface area contributed by atoms with E-state index in [1.807, 2.05) is 0 Å². The largest absolute Gasteiger partial charge is 0.300 e. The molecule has 2 nitrogen and oxygen atoms in total. The number of hydrogen-bond donors (Lipinski definition) is 0. The molecule has 0 aromatic heterocycles. The molecule has 0 bridgehead atoms. The number of fused-ring (bicyclic) bond motifs is 1. The van der Waals surface area contributed by atoms with E-state index in [1.165, 1.54) is 0 Å². The number of ketones is 2. The highest BCUT2D eigenvalue weighted by atomic mass is 16.1. The first kappa shape index (κ1) is 7.01. The van der Waals surface area contributed by atoms with Crippen molar-refractivity contribution in [2.45, 2.75) is 32.1 Å². The Morgan fingerprint density at radius 1 is 1.09 bits per heavy atom. The molecular formula is C9H12O2. The highest BCUT2D eigenvalue weighted by Gasteiger charge is 2.38. The zero-order chi connectivity index (χ0) is 7.84. The van der Waals surface area contributed by atoms with Crippen molar-refractivity contribution in [1.82, 2.24) is 0 Å². The fourth-order valence-corrected chi connectivity index (χ4v) is 2.33. The fraction of sp³-hybridized carbons (Fsp3) is 0.778. The Morgan fingerprint density at radius 3 is 2.73 bits per heavy atom. The number of carbonyl (C=O) groups excluding carboxylic acids is 2. The van der Waals surface area contributed by atoms with E-state index in [0.29, 0.717) is 30.3 Å². The third-order valence-electron chi connectivity index (χ3n) is 2.97. The quantitative estimate of drug-likeness (QED) is 0.524. The van der Waals surface area contributed by atoms with Crippen molar-refractivity contribution in [3.63, 3.8) is 0 Å². The topological polar surface area (TPSA) is 34.1 Å². The fourth-order valence-electron chi connectivity index (χ4n) is 2.33. The summed E-state index contributed by atoms with van der Waals surface area (Å²) in [6, 6.07) is 0. The van der Waals surface area contributed by atoms with Crippen LogP contribution in [0.15, 0.2) is 0 Å². The van der Waals surface area contributed by atoms with Gasteiger partial charge in [-0.15, -0.1) is 0 Å². The Labute approximate surface area is 66.0 Å². The van der Waals surface area contributed by atoms with Gasteiger partial charge in [-0.3, -0.25) is 9.59 Å². The third kappa shape index (κ3) is 1.10. The van der Waals surface area contributed by atoms with Crippen molar-refractivity contribution in [1.29, 1.82) is 0 Å². The molecule has 2 aliphatic rings. The summed E-state index contributed by atoms with van der Waals surface area (Å²) < 4.78 is 0. The molecule has 2 unspecified atom stereocenters. The smallest absolute Gasteiger partial charge is 0.136 e. The molecule has 0 aromatic rings. The first-order valence-corrected chi connectivity index (χ1v) is 4.32.